The first kappa shape index (κ1) is 15.0. The van der Waals surface area contributed by atoms with E-state index in [0.29, 0.717) is 18.0 Å². The highest BCUT2D eigenvalue weighted by atomic mass is 16.5. The fourth-order valence-electron chi connectivity index (χ4n) is 2.56. The molecule has 0 atom stereocenters. The van der Waals surface area contributed by atoms with Gasteiger partial charge in [-0.05, 0) is 18.1 Å². The number of hydrogen-bond donors (Lipinski definition) is 1. The third-order valence-corrected chi connectivity index (χ3v) is 3.73. The molecule has 1 heterocycles. The van der Waals surface area contributed by atoms with E-state index in [2.05, 4.69) is 34.7 Å². The number of carbonyl (C=O) groups excluding carboxylic acids is 1. The molecule has 116 valence electrons. The molecule has 0 radical (unpaired) electrons. The molecule has 0 bridgehead atoms. The summed E-state index contributed by atoms with van der Waals surface area (Å²) in [5.41, 5.74) is 2.63. The topological polar surface area (TPSA) is 55.1 Å². The smallest absolute Gasteiger partial charge is 0.273 e. The van der Waals surface area contributed by atoms with E-state index in [4.69, 9.17) is 4.52 Å². The number of aromatic nitrogens is 1. The molecule has 4 heteroatoms. The van der Waals surface area contributed by atoms with E-state index in [1.165, 1.54) is 0 Å². The number of rotatable bonds is 5. The van der Waals surface area contributed by atoms with Crippen LogP contribution in [0.1, 0.15) is 33.3 Å². The molecule has 0 saturated carbocycles. The minimum atomic E-state index is -0.223. The summed E-state index contributed by atoms with van der Waals surface area (Å²) >= 11 is 0. The maximum absolute atomic E-state index is 12.2. The maximum atomic E-state index is 12.2. The second-order valence-corrected chi connectivity index (χ2v) is 5.41. The third-order valence-electron chi connectivity index (χ3n) is 3.73. The quantitative estimate of drug-likeness (QED) is 0.784. The van der Waals surface area contributed by atoms with Crippen LogP contribution in [0, 0.1) is 6.92 Å². The van der Waals surface area contributed by atoms with Crippen LogP contribution >= 0.6 is 0 Å². The molecular weight excluding hydrogens is 288 g/mol. The summed E-state index contributed by atoms with van der Waals surface area (Å²) in [5, 5.41) is 6.70. The van der Waals surface area contributed by atoms with Crippen molar-refractivity contribution in [2.45, 2.75) is 12.8 Å². The van der Waals surface area contributed by atoms with Crippen molar-refractivity contribution in [1.82, 2.24) is 10.5 Å². The van der Waals surface area contributed by atoms with E-state index < -0.39 is 0 Å². The summed E-state index contributed by atoms with van der Waals surface area (Å²) in [6.45, 7) is 2.26. The number of hydrogen-bond acceptors (Lipinski definition) is 3. The number of benzene rings is 2. The molecule has 0 aliphatic rings. The average Bonchev–Trinajstić information content (AvgIpc) is 3.03. The maximum Gasteiger partial charge on any atom is 0.273 e. The molecule has 0 aliphatic heterocycles. The van der Waals surface area contributed by atoms with Crippen molar-refractivity contribution in [3.8, 4) is 0 Å². The Balaban J connectivity index is 1.78. The lowest BCUT2D eigenvalue weighted by molar-refractivity contribution is 0.0943. The van der Waals surface area contributed by atoms with Gasteiger partial charge in [0.1, 0.15) is 5.76 Å². The monoisotopic (exact) mass is 306 g/mol. The van der Waals surface area contributed by atoms with Crippen molar-refractivity contribution in [1.29, 1.82) is 0 Å². The van der Waals surface area contributed by atoms with Crippen LogP contribution in [-0.4, -0.2) is 17.6 Å². The van der Waals surface area contributed by atoms with E-state index >= 15 is 0 Å². The van der Waals surface area contributed by atoms with Crippen molar-refractivity contribution in [2.75, 3.05) is 6.54 Å². The van der Waals surface area contributed by atoms with Crippen molar-refractivity contribution in [3.63, 3.8) is 0 Å². The Morgan fingerprint density at radius 1 is 1.04 bits per heavy atom. The molecule has 0 saturated heterocycles. The SMILES string of the molecule is Cc1cc(C(=O)NCC(c2ccccc2)c2ccccc2)no1. The minimum absolute atomic E-state index is 0.0920. The Morgan fingerprint density at radius 3 is 2.09 bits per heavy atom. The highest BCUT2D eigenvalue weighted by molar-refractivity contribution is 5.92. The first-order valence-corrected chi connectivity index (χ1v) is 7.55. The Bertz CT molecular complexity index is 727. The van der Waals surface area contributed by atoms with Gasteiger partial charge in [0.2, 0.25) is 0 Å². The number of nitrogens with one attached hydrogen (secondary N) is 1. The number of carbonyl (C=O) groups is 1. The van der Waals surface area contributed by atoms with Crippen LogP contribution in [0.3, 0.4) is 0 Å². The molecule has 23 heavy (non-hydrogen) atoms. The van der Waals surface area contributed by atoms with Gasteiger partial charge in [0.15, 0.2) is 5.69 Å². The molecule has 3 rings (SSSR count). The van der Waals surface area contributed by atoms with Crippen LogP contribution in [0.5, 0.6) is 0 Å². The van der Waals surface area contributed by atoms with E-state index in [1.807, 2.05) is 36.4 Å². The lowest BCUT2D eigenvalue weighted by Gasteiger charge is -2.18. The van der Waals surface area contributed by atoms with Gasteiger partial charge in [0, 0.05) is 18.5 Å². The van der Waals surface area contributed by atoms with Crippen LogP contribution in [0.2, 0.25) is 0 Å². The Hall–Kier alpha value is -2.88. The van der Waals surface area contributed by atoms with Gasteiger partial charge < -0.3 is 9.84 Å². The van der Waals surface area contributed by atoms with Crippen molar-refractivity contribution >= 4 is 5.91 Å². The average molecular weight is 306 g/mol. The summed E-state index contributed by atoms with van der Waals surface area (Å²) in [4.78, 5) is 12.2. The third kappa shape index (κ3) is 3.66. The first-order valence-electron chi connectivity index (χ1n) is 7.55. The van der Waals surface area contributed by atoms with Crippen molar-refractivity contribution < 1.29 is 9.32 Å². The van der Waals surface area contributed by atoms with Gasteiger partial charge in [0.25, 0.3) is 5.91 Å². The fourth-order valence-corrected chi connectivity index (χ4v) is 2.56. The summed E-state index contributed by atoms with van der Waals surface area (Å²) in [6.07, 6.45) is 0. The fraction of sp³-hybridized carbons (Fsp3) is 0.158. The van der Waals surface area contributed by atoms with Crippen LogP contribution in [0.4, 0.5) is 0 Å². The molecular formula is C19H18N2O2. The predicted octanol–water partition coefficient (Wildman–Crippen LogP) is 3.54. The Kier molecular flexibility index (Phi) is 4.52. The highest BCUT2D eigenvalue weighted by Gasteiger charge is 2.17. The summed E-state index contributed by atoms with van der Waals surface area (Å²) < 4.78 is 4.95. The van der Waals surface area contributed by atoms with Crippen LogP contribution in [0.15, 0.2) is 71.3 Å². The first-order chi connectivity index (χ1) is 11.2. The molecule has 3 aromatic rings. The lowest BCUT2D eigenvalue weighted by Crippen LogP contribution is -2.29. The molecule has 2 aromatic carbocycles. The second kappa shape index (κ2) is 6.92. The summed E-state index contributed by atoms with van der Waals surface area (Å²) in [7, 11) is 0. The molecule has 1 aromatic heterocycles. The van der Waals surface area contributed by atoms with Gasteiger partial charge in [-0.2, -0.15) is 0 Å². The zero-order valence-corrected chi connectivity index (χ0v) is 12.9. The standard InChI is InChI=1S/C19H18N2O2/c1-14-12-18(21-23-14)19(22)20-13-17(15-8-4-2-5-9-15)16-10-6-3-7-11-16/h2-12,17H,13H2,1H3,(H,20,22). The molecule has 1 amide bonds. The zero-order valence-electron chi connectivity index (χ0n) is 12.9. The van der Waals surface area contributed by atoms with Crippen molar-refractivity contribution in [3.05, 3.63) is 89.3 Å². The molecule has 0 fully saturated rings. The zero-order chi connectivity index (χ0) is 16.1. The molecule has 0 unspecified atom stereocenters. The van der Waals surface area contributed by atoms with Crippen LogP contribution in [0.25, 0.3) is 0 Å². The van der Waals surface area contributed by atoms with E-state index in [1.54, 1.807) is 13.0 Å². The minimum Gasteiger partial charge on any atom is -0.361 e. The molecule has 1 N–H and O–H groups in total. The second-order valence-electron chi connectivity index (χ2n) is 5.41. The summed E-state index contributed by atoms with van der Waals surface area (Å²) in [6, 6.07) is 21.9. The predicted molar refractivity (Wildman–Crippen MR) is 88.3 cm³/mol. The number of aryl methyl sites for hydroxylation is 1. The lowest BCUT2D eigenvalue weighted by atomic mass is 9.91. The normalized spacial score (nSPS) is 10.7. The van der Waals surface area contributed by atoms with Crippen LogP contribution < -0.4 is 5.32 Å². The summed E-state index contributed by atoms with van der Waals surface area (Å²) in [5.74, 6) is 0.492. The highest BCUT2D eigenvalue weighted by Crippen LogP contribution is 2.23. The van der Waals surface area contributed by atoms with Gasteiger partial charge in [-0.1, -0.05) is 65.8 Å². The molecule has 0 aliphatic carbocycles. The van der Waals surface area contributed by atoms with Gasteiger partial charge in [-0.25, -0.2) is 0 Å². The van der Waals surface area contributed by atoms with Crippen molar-refractivity contribution in [2.24, 2.45) is 0 Å². The molecule has 4 nitrogen and oxygen atoms in total. The van der Waals surface area contributed by atoms with Gasteiger partial charge in [-0.3, -0.25) is 4.79 Å². The number of amides is 1. The van der Waals surface area contributed by atoms with Gasteiger partial charge in [-0.15, -0.1) is 0 Å². The van der Waals surface area contributed by atoms with E-state index in [-0.39, 0.29) is 11.8 Å². The molecule has 0 spiro atoms. The van der Waals surface area contributed by atoms with Crippen LogP contribution in [-0.2, 0) is 0 Å². The Morgan fingerprint density at radius 2 is 1.61 bits per heavy atom. The van der Waals surface area contributed by atoms with E-state index in [0.717, 1.165) is 11.1 Å². The Labute approximate surface area is 135 Å². The number of nitrogens with zero attached hydrogens (tertiary/aromatic N) is 1. The van der Waals surface area contributed by atoms with E-state index in [9.17, 15) is 4.79 Å². The van der Waals surface area contributed by atoms with Gasteiger partial charge >= 0.3 is 0 Å². The largest absolute Gasteiger partial charge is 0.361 e. The van der Waals surface area contributed by atoms with Gasteiger partial charge in [0.05, 0.1) is 0 Å².